The number of nitrogens with two attached hydrogens (primary N) is 1. The first-order valence-corrected chi connectivity index (χ1v) is 7.38. The van der Waals surface area contributed by atoms with Crippen molar-refractivity contribution < 1.29 is 20.1 Å². The number of nitrogen functional groups attached to an aromatic ring is 1. The van der Waals surface area contributed by atoms with E-state index in [0.29, 0.717) is 16.9 Å². The average Bonchev–Trinajstić information content (AvgIpc) is 2.91. The van der Waals surface area contributed by atoms with Crippen LogP contribution in [0.15, 0.2) is 12.5 Å². The topological polar surface area (TPSA) is 127 Å². The normalized spacial score (nSPS) is 32.9. The smallest absolute Gasteiger partial charge is 0.164 e. The van der Waals surface area contributed by atoms with Gasteiger partial charge in [0.25, 0.3) is 0 Å². The van der Waals surface area contributed by atoms with E-state index in [0.717, 1.165) is 3.57 Å². The Bertz CT molecular complexity index is 693. The van der Waals surface area contributed by atoms with E-state index < -0.39 is 30.6 Å². The van der Waals surface area contributed by atoms with E-state index in [-0.39, 0.29) is 0 Å². The van der Waals surface area contributed by atoms with Gasteiger partial charge >= 0.3 is 0 Å². The summed E-state index contributed by atoms with van der Waals surface area (Å²) in [6.45, 7) is 1.13. The molecule has 114 valence electrons. The molecule has 3 heterocycles. The van der Waals surface area contributed by atoms with Gasteiger partial charge in [-0.25, -0.2) is 9.97 Å². The number of hydrogen-bond acceptors (Lipinski definition) is 7. The van der Waals surface area contributed by atoms with Crippen molar-refractivity contribution >= 4 is 39.4 Å². The predicted octanol–water partition coefficient (Wildman–Crippen LogP) is -0.380. The van der Waals surface area contributed by atoms with Crippen molar-refractivity contribution in [3.05, 3.63) is 16.1 Å². The molecular formula is C12H15IN4O4. The summed E-state index contributed by atoms with van der Waals surface area (Å²) in [4.78, 5) is 8.11. The van der Waals surface area contributed by atoms with Crippen LogP contribution in [0.5, 0.6) is 0 Å². The second-order valence-electron chi connectivity index (χ2n) is 5.26. The lowest BCUT2D eigenvalue weighted by Crippen LogP contribution is -2.43. The average molecular weight is 406 g/mol. The van der Waals surface area contributed by atoms with Gasteiger partial charge in [-0.05, 0) is 29.5 Å². The highest BCUT2D eigenvalue weighted by atomic mass is 127. The molecule has 1 saturated heterocycles. The van der Waals surface area contributed by atoms with Crippen molar-refractivity contribution in [3.8, 4) is 0 Å². The van der Waals surface area contributed by atoms with Crippen molar-refractivity contribution in [3.63, 3.8) is 0 Å². The van der Waals surface area contributed by atoms with Crippen LogP contribution >= 0.6 is 22.6 Å². The predicted molar refractivity (Wildman–Crippen MR) is 82.3 cm³/mol. The molecule has 21 heavy (non-hydrogen) atoms. The molecule has 5 N–H and O–H groups in total. The molecule has 3 rings (SSSR count). The molecule has 0 aliphatic carbocycles. The Labute approximate surface area is 133 Å². The van der Waals surface area contributed by atoms with Crippen LogP contribution in [-0.4, -0.2) is 54.3 Å². The summed E-state index contributed by atoms with van der Waals surface area (Å²) in [7, 11) is 0. The van der Waals surface area contributed by atoms with Gasteiger partial charge in [0.15, 0.2) is 6.23 Å². The van der Waals surface area contributed by atoms with Crippen LogP contribution in [0.4, 0.5) is 5.82 Å². The Balaban J connectivity index is 2.12. The first kappa shape index (κ1) is 14.9. The molecule has 8 nitrogen and oxygen atoms in total. The summed E-state index contributed by atoms with van der Waals surface area (Å²) in [5, 5.41) is 30.4. The van der Waals surface area contributed by atoms with Gasteiger partial charge in [0.05, 0.1) is 12.0 Å². The van der Waals surface area contributed by atoms with Gasteiger partial charge in [0, 0.05) is 9.77 Å². The fraction of sp³-hybridized carbons (Fsp3) is 0.500. The molecule has 0 aromatic carbocycles. The van der Waals surface area contributed by atoms with Crippen LogP contribution in [0.3, 0.4) is 0 Å². The van der Waals surface area contributed by atoms with Crippen LogP contribution < -0.4 is 5.73 Å². The Morgan fingerprint density at radius 1 is 1.48 bits per heavy atom. The third-order valence-electron chi connectivity index (χ3n) is 3.81. The molecule has 1 aliphatic heterocycles. The molecule has 0 unspecified atom stereocenters. The lowest BCUT2D eigenvalue weighted by atomic mass is 9.99. The molecule has 4 atom stereocenters. The second kappa shape index (κ2) is 5.02. The highest BCUT2D eigenvalue weighted by Crippen LogP contribution is 2.39. The summed E-state index contributed by atoms with van der Waals surface area (Å²) in [5.41, 5.74) is 5.12. The zero-order valence-corrected chi connectivity index (χ0v) is 13.3. The highest BCUT2D eigenvalue weighted by molar-refractivity contribution is 14.1. The first-order valence-electron chi connectivity index (χ1n) is 6.30. The maximum absolute atomic E-state index is 10.2. The van der Waals surface area contributed by atoms with E-state index in [2.05, 4.69) is 32.6 Å². The molecule has 0 saturated carbocycles. The number of anilines is 1. The lowest BCUT2D eigenvalue weighted by molar-refractivity contribution is -0.115. The molecule has 1 aliphatic rings. The Hall–Kier alpha value is -1.01. The van der Waals surface area contributed by atoms with Crippen molar-refractivity contribution in [1.29, 1.82) is 0 Å². The molecule has 2 aromatic rings. The van der Waals surface area contributed by atoms with Gasteiger partial charge in [0.2, 0.25) is 0 Å². The van der Waals surface area contributed by atoms with Crippen molar-refractivity contribution in [2.75, 3.05) is 12.3 Å². The minimum atomic E-state index is -1.23. The van der Waals surface area contributed by atoms with Crippen LogP contribution in [0.25, 0.3) is 11.0 Å². The van der Waals surface area contributed by atoms with Crippen LogP contribution in [0.2, 0.25) is 0 Å². The lowest BCUT2D eigenvalue weighted by Gasteiger charge is -2.24. The third-order valence-corrected chi connectivity index (χ3v) is 4.63. The van der Waals surface area contributed by atoms with Gasteiger partial charge in [-0.1, -0.05) is 0 Å². The number of fused-ring (bicyclic) bond motifs is 1. The quantitative estimate of drug-likeness (QED) is 0.501. The monoisotopic (exact) mass is 406 g/mol. The zero-order chi connectivity index (χ0) is 15.4. The number of nitrogens with zero attached hydrogens (tertiary/aromatic N) is 3. The van der Waals surface area contributed by atoms with Crippen molar-refractivity contribution in [2.24, 2.45) is 0 Å². The van der Waals surface area contributed by atoms with Gasteiger partial charge in [0.1, 0.15) is 35.6 Å². The summed E-state index contributed by atoms with van der Waals surface area (Å²) in [6, 6.07) is 0. The minimum absolute atomic E-state index is 0.334. The maximum Gasteiger partial charge on any atom is 0.164 e. The number of aliphatic hydroxyl groups is 3. The number of rotatable bonds is 2. The van der Waals surface area contributed by atoms with Crippen LogP contribution in [0, 0.1) is 3.57 Å². The molecule has 2 aromatic heterocycles. The number of aliphatic hydroxyl groups excluding tert-OH is 3. The molecular weight excluding hydrogens is 391 g/mol. The molecule has 0 amide bonds. The van der Waals surface area contributed by atoms with E-state index in [1.54, 1.807) is 17.7 Å². The zero-order valence-electron chi connectivity index (χ0n) is 11.1. The summed E-state index contributed by atoms with van der Waals surface area (Å²) in [6.07, 6.45) is -0.211. The summed E-state index contributed by atoms with van der Waals surface area (Å²) >= 11 is 2.09. The fourth-order valence-corrected chi connectivity index (χ4v) is 3.36. The van der Waals surface area contributed by atoms with Gasteiger partial charge in [-0.3, -0.25) is 0 Å². The van der Waals surface area contributed by atoms with E-state index in [1.165, 1.54) is 6.33 Å². The first-order chi connectivity index (χ1) is 9.89. The van der Waals surface area contributed by atoms with Crippen LogP contribution in [-0.2, 0) is 4.74 Å². The number of aromatic nitrogens is 3. The minimum Gasteiger partial charge on any atom is -0.393 e. The third kappa shape index (κ3) is 2.11. The number of hydrogen-bond donors (Lipinski definition) is 4. The molecule has 1 fully saturated rings. The van der Waals surface area contributed by atoms with Crippen LogP contribution in [0.1, 0.15) is 13.2 Å². The SMILES string of the molecule is C[C@]1(CO)O[C@@H](n2cc(I)c3c(N)ncnc32)[C@H](O)[C@@H]1O. The number of ether oxygens (including phenoxy) is 1. The summed E-state index contributed by atoms with van der Waals surface area (Å²) < 4.78 is 8.09. The second-order valence-corrected chi connectivity index (χ2v) is 6.42. The van der Waals surface area contributed by atoms with E-state index >= 15 is 0 Å². The Morgan fingerprint density at radius 3 is 2.81 bits per heavy atom. The van der Waals surface area contributed by atoms with Gasteiger partial charge in [-0.15, -0.1) is 0 Å². The molecule has 0 spiro atoms. The Morgan fingerprint density at radius 2 is 2.19 bits per heavy atom. The molecule has 0 radical (unpaired) electrons. The largest absolute Gasteiger partial charge is 0.393 e. The van der Waals surface area contributed by atoms with Gasteiger partial charge < -0.3 is 30.4 Å². The van der Waals surface area contributed by atoms with Crippen molar-refractivity contribution in [1.82, 2.24) is 14.5 Å². The standard InChI is InChI=1S/C12H15IN4O4/c1-12(3-18)8(20)7(19)11(21-12)17-2-5(13)6-9(14)15-4-16-10(6)17/h2,4,7-8,11,18-20H,3H2,1H3,(H2,14,15,16)/t7-,8+,11-,12-/m1/s1. The molecule has 0 bridgehead atoms. The van der Waals surface area contributed by atoms with Gasteiger partial charge in [-0.2, -0.15) is 0 Å². The molecule has 9 heteroatoms. The Kier molecular flexibility index (Phi) is 3.56. The highest BCUT2D eigenvalue weighted by Gasteiger charge is 2.52. The summed E-state index contributed by atoms with van der Waals surface area (Å²) in [5.74, 6) is 0.334. The number of halogens is 1. The maximum atomic E-state index is 10.2. The van der Waals surface area contributed by atoms with E-state index in [1.807, 2.05) is 0 Å². The van der Waals surface area contributed by atoms with E-state index in [9.17, 15) is 15.3 Å². The van der Waals surface area contributed by atoms with Crippen molar-refractivity contribution in [2.45, 2.75) is 31.0 Å². The van der Waals surface area contributed by atoms with E-state index in [4.69, 9.17) is 10.5 Å². The fourth-order valence-electron chi connectivity index (χ4n) is 2.54.